The van der Waals surface area contributed by atoms with E-state index in [4.69, 9.17) is 17.0 Å². The standard InChI is InChI=1S/C25H27NO4S2/c1-18-10-5-6-12-20(18)17-30-21-13-8-7-11-19(21)16-22-24(28)26(25(31)32-22)15-9-3-4-14-23(27)29-2/h5-8,10-13,16H,3-4,9,14-15,17H2,1-2H3/b22-16+. The summed E-state index contributed by atoms with van der Waals surface area (Å²) in [7, 11) is 1.39. The van der Waals surface area contributed by atoms with E-state index in [9.17, 15) is 9.59 Å². The van der Waals surface area contributed by atoms with E-state index in [0.717, 1.165) is 36.1 Å². The fourth-order valence-corrected chi connectivity index (χ4v) is 4.61. The van der Waals surface area contributed by atoms with Gasteiger partial charge >= 0.3 is 5.97 Å². The van der Waals surface area contributed by atoms with Crippen molar-refractivity contribution in [3.63, 3.8) is 0 Å². The average Bonchev–Trinajstić information content (AvgIpc) is 3.06. The summed E-state index contributed by atoms with van der Waals surface area (Å²) in [5.74, 6) is 0.437. The van der Waals surface area contributed by atoms with Gasteiger partial charge in [-0.25, -0.2) is 0 Å². The molecule has 1 aliphatic heterocycles. The first kappa shape index (κ1) is 24.0. The second-order valence-electron chi connectivity index (χ2n) is 7.47. The molecule has 7 heteroatoms. The fourth-order valence-electron chi connectivity index (χ4n) is 3.31. The third-order valence-corrected chi connectivity index (χ3v) is 6.59. The molecule has 1 heterocycles. The molecule has 5 nitrogen and oxygen atoms in total. The van der Waals surface area contributed by atoms with Gasteiger partial charge in [0.15, 0.2) is 0 Å². The van der Waals surface area contributed by atoms with Gasteiger partial charge in [-0.05, 0) is 43.0 Å². The van der Waals surface area contributed by atoms with E-state index in [2.05, 4.69) is 17.7 Å². The van der Waals surface area contributed by atoms with Gasteiger partial charge < -0.3 is 9.47 Å². The zero-order chi connectivity index (χ0) is 22.9. The van der Waals surface area contributed by atoms with Crippen LogP contribution < -0.4 is 4.74 Å². The highest BCUT2D eigenvalue weighted by Gasteiger charge is 2.31. The largest absolute Gasteiger partial charge is 0.488 e. The van der Waals surface area contributed by atoms with Crippen molar-refractivity contribution in [3.8, 4) is 5.75 Å². The number of thioether (sulfide) groups is 1. The molecule has 0 N–H and O–H groups in total. The number of amides is 1. The first-order valence-corrected chi connectivity index (χ1v) is 11.8. The normalized spacial score (nSPS) is 14.8. The molecular formula is C25H27NO4S2. The molecule has 0 unspecified atom stereocenters. The van der Waals surface area contributed by atoms with Crippen molar-refractivity contribution in [2.24, 2.45) is 0 Å². The lowest BCUT2D eigenvalue weighted by molar-refractivity contribution is -0.140. The number of esters is 1. The minimum atomic E-state index is -0.207. The maximum atomic E-state index is 12.9. The van der Waals surface area contributed by atoms with Crippen LogP contribution in [0.25, 0.3) is 6.08 Å². The molecule has 32 heavy (non-hydrogen) atoms. The molecule has 1 fully saturated rings. The molecule has 0 atom stereocenters. The highest BCUT2D eigenvalue weighted by Crippen LogP contribution is 2.34. The van der Waals surface area contributed by atoms with Crippen LogP contribution in [0.4, 0.5) is 0 Å². The van der Waals surface area contributed by atoms with Gasteiger partial charge in [0.2, 0.25) is 0 Å². The van der Waals surface area contributed by atoms with Gasteiger partial charge in [-0.1, -0.05) is 72.9 Å². The van der Waals surface area contributed by atoms with Crippen LogP contribution in [0.2, 0.25) is 0 Å². The van der Waals surface area contributed by atoms with E-state index >= 15 is 0 Å². The second-order valence-corrected chi connectivity index (χ2v) is 9.15. The number of thiocarbonyl (C=S) groups is 1. The number of benzene rings is 2. The number of rotatable bonds is 10. The lowest BCUT2D eigenvalue weighted by Gasteiger charge is -2.14. The molecule has 0 spiro atoms. The molecule has 0 bridgehead atoms. The van der Waals surface area contributed by atoms with Crippen molar-refractivity contribution in [2.45, 2.75) is 39.2 Å². The van der Waals surface area contributed by atoms with Gasteiger partial charge in [0.1, 0.15) is 16.7 Å². The van der Waals surface area contributed by atoms with Crippen molar-refractivity contribution in [1.82, 2.24) is 4.90 Å². The molecule has 1 saturated heterocycles. The molecule has 3 rings (SSSR count). The number of methoxy groups -OCH3 is 1. The number of para-hydroxylation sites is 1. The number of aryl methyl sites for hydroxylation is 1. The maximum absolute atomic E-state index is 12.9. The predicted octanol–water partition coefficient (Wildman–Crippen LogP) is 5.51. The van der Waals surface area contributed by atoms with E-state index < -0.39 is 0 Å². The number of carbonyl (C=O) groups excluding carboxylic acids is 2. The van der Waals surface area contributed by atoms with Crippen molar-refractivity contribution < 1.29 is 19.1 Å². The number of nitrogens with zero attached hydrogens (tertiary/aromatic N) is 1. The van der Waals surface area contributed by atoms with Gasteiger partial charge in [0, 0.05) is 18.5 Å². The highest BCUT2D eigenvalue weighted by molar-refractivity contribution is 8.26. The summed E-state index contributed by atoms with van der Waals surface area (Å²) in [6.07, 6.45) is 4.61. The number of carbonyl (C=O) groups is 2. The van der Waals surface area contributed by atoms with Gasteiger partial charge in [-0.2, -0.15) is 0 Å². The predicted molar refractivity (Wildman–Crippen MR) is 132 cm³/mol. The van der Waals surface area contributed by atoms with Crippen LogP contribution in [0.1, 0.15) is 42.4 Å². The summed E-state index contributed by atoms with van der Waals surface area (Å²) >= 11 is 6.75. The fraction of sp³-hybridized carbons (Fsp3) is 0.320. The molecule has 2 aromatic carbocycles. The zero-order valence-electron chi connectivity index (χ0n) is 18.3. The van der Waals surface area contributed by atoms with E-state index in [0.29, 0.717) is 28.8 Å². The minimum absolute atomic E-state index is 0.0818. The number of ether oxygens (including phenoxy) is 2. The van der Waals surface area contributed by atoms with Crippen LogP contribution in [0, 0.1) is 6.92 Å². The Bertz CT molecular complexity index is 1020. The Balaban J connectivity index is 1.62. The molecular weight excluding hydrogens is 442 g/mol. The monoisotopic (exact) mass is 469 g/mol. The number of unbranched alkanes of at least 4 members (excludes halogenated alkanes) is 2. The number of hydrogen-bond donors (Lipinski definition) is 0. The van der Waals surface area contributed by atoms with Gasteiger partial charge in [0.25, 0.3) is 5.91 Å². The summed E-state index contributed by atoms with van der Waals surface area (Å²) < 4.78 is 11.3. The average molecular weight is 470 g/mol. The van der Waals surface area contributed by atoms with Crippen LogP contribution in [-0.4, -0.2) is 34.8 Å². The molecule has 2 aromatic rings. The lowest BCUT2D eigenvalue weighted by Crippen LogP contribution is -2.29. The Morgan fingerprint density at radius 1 is 1.09 bits per heavy atom. The van der Waals surface area contributed by atoms with Gasteiger partial charge in [-0.3, -0.25) is 14.5 Å². The van der Waals surface area contributed by atoms with E-state index in [1.54, 1.807) is 4.90 Å². The molecule has 0 aromatic heterocycles. The summed E-state index contributed by atoms with van der Waals surface area (Å²) in [6.45, 7) is 3.07. The molecule has 0 saturated carbocycles. The molecule has 168 valence electrons. The van der Waals surface area contributed by atoms with Crippen molar-refractivity contribution >= 4 is 46.3 Å². The Labute approximate surface area is 198 Å². The van der Waals surface area contributed by atoms with Crippen LogP contribution in [0.5, 0.6) is 5.75 Å². The quantitative estimate of drug-likeness (QED) is 0.198. The van der Waals surface area contributed by atoms with Crippen LogP contribution in [0.15, 0.2) is 53.4 Å². The summed E-state index contributed by atoms with van der Waals surface area (Å²) in [5, 5.41) is 0. The third kappa shape index (κ3) is 6.43. The summed E-state index contributed by atoms with van der Waals surface area (Å²) in [5.41, 5.74) is 3.15. The smallest absolute Gasteiger partial charge is 0.305 e. The summed E-state index contributed by atoms with van der Waals surface area (Å²) in [4.78, 5) is 26.3. The molecule has 0 radical (unpaired) electrons. The van der Waals surface area contributed by atoms with Crippen LogP contribution in [-0.2, 0) is 20.9 Å². The molecule has 0 aliphatic carbocycles. The first-order valence-electron chi connectivity index (χ1n) is 10.6. The Morgan fingerprint density at radius 3 is 2.62 bits per heavy atom. The number of hydrogen-bond acceptors (Lipinski definition) is 6. The van der Waals surface area contributed by atoms with Crippen molar-refractivity contribution in [2.75, 3.05) is 13.7 Å². The third-order valence-electron chi connectivity index (χ3n) is 5.21. The minimum Gasteiger partial charge on any atom is -0.488 e. The Morgan fingerprint density at radius 2 is 1.84 bits per heavy atom. The lowest BCUT2D eigenvalue weighted by atomic mass is 10.1. The van der Waals surface area contributed by atoms with Crippen LogP contribution in [0.3, 0.4) is 0 Å². The second kappa shape index (κ2) is 11.8. The van der Waals surface area contributed by atoms with Gasteiger partial charge in [0.05, 0.1) is 12.0 Å². The summed E-state index contributed by atoms with van der Waals surface area (Å²) in [6, 6.07) is 15.8. The van der Waals surface area contributed by atoms with E-state index in [1.165, 1.54) is 24.4 Å². The highest BCUT2D eigenvalue weighted by atomic mass is 32.2. The maximum Gasteiger partial charge on any atom is 0.305 e. The van der Waals surface area contributed by atoms with Crippen molar-refractivity contribution in [3.05, 3.63) is 70.1 Å². The topological polar surface area (TPSA) is 55.8 Å². The zero-order valence-corrected chi connectivity index (χ0v) is 20.0. The van der Waals surface area contributed by atoms with Crippen molar-refractivity contribution in [1.29, 1.82) is 0 Å². The Kier molecular flexibility index (Phi) is 8.88. The molecule has 1 amide bonds. The van der Waals surface area contributed by atoms with Crippen LogP contribution >= 0.6 is 24.0 Å². The van der Waals surface area contributed by atoms with E-state index in [-0.39, 0.29) is 11.9 Å². The molecule has 1 aliphatic rings. The van der Waals surface area contributed by atoms with Gasteiger partial charge in [-0.15, -0.1) is 0 Å². The first-order chi connectivity index (χ1) is 15.5. The SMILES string of the molecule is COC(=O)CCCCCN1C(=O)/C(=C\c2ccccc2OCc2ccccc2C)SC1=S. The van der Waals surface area contributed by atoms with E-state index in [1.807, 2.05) is 48.5 Å². The Hall–Kier alpha value is -2.64.